The normalized spacial score (nSPS) is 20.5. The van der Waals surface area contributed by atoms with E-state index in [1.807, 2.05) is 6.07 Å². The fraction of sp³-hybridized carbons (Fsp3) is 0.692. The third-order valence-electron chi connectivity index (χ3n) is 3.13. The van der Waals surface area contributed by atoms with E-state index in [1.54, 1.807) is 0 Å². The molecule has 0 aromatic carbocycles. The molecule has 0 radical (unpaired) electrons. The first-order valence-electron chi connectivity index (χ1n) is 6.51. The van der Waals surface area contributed by atoms with Gasteiger partial charge in [0.15, 0.2) is 0 Å². The van der Waals surface area contributed by atoms with E-state index >= 15 is 0 Å². The van der Waals surface area contributed by atoms with E-state index in [1.165, 1.54) is 0 Å². The number of aromatic nitrogens is 2. The summed E-state index contributed by atoms with van der Waals surface area (Å²) in [5.74, 6) is 2.00. The Morgan fingerprint density at radius 2 is 2.28 bits per heavy atom. The first-order valence-corrected chi connectivity index (χ1v) is 6.89. The van der Waals surface area contributed by atoms with E-state index in [9.17, 15) is 0 Å². The molecule has 0 saturated carbocycles. The number of halogens is 1. The SMILES string of the molecule is CCC1CN(c2cc(Cl)nc(C(C)C)n2)CCO1. The first kappa shape index (κ1) is 13.6. The van der Waals surface area contributed by atoms with Crippen molar-refractivity contribution in [1.82, 2.24) is 9.97 Å². The Morgan fingerprint density at radius 3 is 2.94 bits per heavy atom. The van der Waals surface area contributed by atoms with Crippen molar-refractivity contribution in [2.24, 2.45) is 0 Å². The van der Waals surface area contributed by atoms with Crippen molar-refractivity contribution in [2.75, 3.05) is 24.6 Å². The van der Waals surface area contributed by atoms with Crippen LogP contribution in [0.2, 0.25) is 5.15 Å². The average molecular weight is 270 g/mol. The summed E-state index contributed by atoms with van der Waals surface area (Å²) in [6.07, 6.45) is 1.31. The van der Waals surface area contributed by atoms with Crippen LogP contribution in [0, 0.1) is 0 Å². The summed E-state index contributed by atoms with van der Waals surface area (Å²) in [5.41, 5.74) is 0. The summed E-state index contributed by atoms with van der Waals surface area (Å²) in [7, 11) is 0. The number of hydrogen-bond acceptors (Lipinski definition) is 4. The van der Waals surface area contributed by atoms with E-state index in [0.717, 1.165) is 37.8 Å². The maximum absolute atomic E-state index is 6.07. The predicted molar refractivity (Wildman–Crippen MR) is 73.4 cm³/mol. The van der Waals surface area contributed by atoms with Crippen molar-refractivity contribution in [1.29, 1.82) is 0 Å². The molecule has 4 nitrogen and oxygen atoms in total. The maximum atomic E-state index is 6.07. The number of morpholine rings is 1. The van der Waals surface area contributed by atoms with E-state index in [-0.39, 0.29) is 12.0 Å². The number of anilines is 1. The highest BCUT2D eigenvalue weighted by atomic mass is 35.5. The molecule has 2 rings (SSSR count). The average Bonchev–Trinajstić information content (AvgIpc) is 2.38. The van der Waals surface area contributed by atoms with Crippen LogP contribution in [0.1, 0.15) is 38.9 Å². The van der Waals surface area contributed by atoms with Gasteiger partial charge >= 0.3 is 0 Å². The molecule has 0 N–H and O–H groups in total. The fourth-order valence-electron chi connectivity index (χ4n) is 2.02. The first-order chi connectivity index (χ1) is 8.60. The molecule has 1 aromatic rings. The van der Waals surface area contributed by atoms with Crippen LogP contribution in [0.15, 0.2) is 6.07 Å². The van der Waals surface area contributed by atoms with Crippen molar-refractivity contribution >= 4 is 17.4 Å². The molecule has 0 amide bonds. The van der Waals surface area contributed by atoms with Crippen LogP contribution in [-0.4, -0.2) is 35.8 Å². The van der Waals surface area contributed by atoms with Gasteiger partial charge in [0.25, 0.3) is 0 Å². The molecule has 100 valence electrons. The van der Waals surface area contributed by atoms with Crippen molar-refractivity contribution in [3.05, 3.63) is 17.0 Å². The Balaban J connectivity index is 2.21. The number of hydrogen-bond donors (Lipinski definition) is 0. The van der Waals surface area contributed by atoms with E-state index in [2.05, 4.69) is 35.6 Å². The summed E-state index contributed by atoms with van der Waals surface area (Å²) >= 11 is 6.07. The minimum absolute atomic E-state index is 0.283. The van der Waals surface area contributed by atoms with Gasteiger partial charge in [0, 0.05) is 25.1 Å². The highest BCUT2D eigenvalue weighted by Gasteiger charge is 2.21. The van der Waals surface area contributed by atoms with Gasteiger partial charge in [0.1, 0.15) is 16.8 Å². The molecule has 1 aliphatic heterocycles. The van der Waals surface area contributed by atoms with Crippen LogP contribution in [0.25, 0.3) is 0 Å². The molecule has 0 bridgehead atoms. The second-order valence-corrected chi connectivity index (χ2v) is 5.30. The smallest absolute Gasteiger partial charge is 0.135 e. The van der Waals surface area contributed by atoms with Crippen molar-refractivity contribution in [3.8, 4) is 0 Å². The molecule has 1 fully saturated rings. The van der Waals surface area contributed by atoms with Gasteiger partial charge in [-0.3, -0.25) is 0 Å². The Kier molecular flexibility index (Phi) is 4.40. The van der Waals surface area contributed by atoms with Crippen LogP contribution in [-0.2, 0) is 4.74 Å². The molecule has 0 aliphatic carbocycles. The van der Waals surface area contributed by atoms with Gasteiger partial charge in [-0.25, -0.2) is 9.97 Å². The molecule has 2 heterocycles. The highest BCUT2D eigenvalue weighted by Crippen LogP contribution is 2.22. The molecule has 1 unspecified atom stereocenters. The van der Waals surface area contributed by atoms with Gasteiger partial charge < -0.3 is 9.64 Å². The van der Waals surface area contributed by atoms with Gasteiger partial charge in [-0.2, -0.15) is 0 Å². The molecule has 1 atom stereocenters. The largest absolute Gasteiger partial charge is 0.375 e. The number of rotatable bonds is 3. The Morgan fingerprint density at radius 1 is 1.50 bits per heavy atom. The fourth-order valence-corrected chi connectivity index (χ4v) is 2.20. The molecular formula is C13H20ClN3O. The lowest BCUT2D eigenvalue weighted by molar-refractivity contribution is 0.0381. The third kappa shape index (κ3) is 3.12. The van der Waals surface area contributed by atoms with Gasteiger partial charge in [0.05, 0.1) is 12.7 Å². The minimum atomic E-state index is 0.283. The van der Waals surface area contributed by atoms with Crippen LogP contribution >= 0.6 is 11.6 Å². The lowest BCUT2D eigenvalue weighted by Crippen LogP contribution is -2.42. The summed E-state index contributed by atoms with van der Waals surface area (Å²) in [4.78, 5) is 11.1. The second-order valence-electron chi connectivity index (χ2n) is 4.91. The Hall–Kier alpha value is -0.870. The molecule has 1 aliphatic rings. The summed E-state index contributed by atoms with van der Waals surface area (Å²) in [5, 5.41) is 0.517. The van der Waals surface area contributed by atoms with Crippen LogP contribution in [0.3, 0.4) is 0 Å². The van der Waals surface area contributed by atoms with E-state index in [0.29, 0.717) is 5.15 Å². The number of nitrogens with zero attached hydrogens (tertiary/aromatic N) is 3. The molecule has 1 saturated heterocycles. The summed E-state index contributed by atoms with van der Waals surface area (Å²) in [6, 6.07) is 1.84. The maximum Gasteiger partial charge on any atom is 0.135 e. The van der Waals surface area contributed by atoms with Gasteiger partial charge in [-0.15, -0.1) is 0 Å². The minimum Gasteiger partial charge on any atom is -0.375 e. The monoisotopic (exact) mass is 269 g/mol. The van der Waals surface area contributed by atoms with Crippen molar-refractivity contribution in [3.63, 3.8) is 0 Å². The lowest BCUT2D eigenvalue weighted by Gasteiger charge is -2.33. The van der Waals surface area contributed by atoms with Gasteiger partial charge in [0.2, 0.25) is 0 Å². The topological polar surface area (TPSA) is 38.2 Å². The van der Waals surface area contributed by atoms with E-state index in [4.69, 9.17) is 16.3 Å². The zero-order valence-electron chi connectivity index (χ0n) is 11.2. The van der Waals surface area contributed by atoms with Crippen LogP contribution in [0.4, 0.5) is 5.82 Å². The van der Waals surface area contributed by atoms with Crippen molar-refractivity contribution < 1.29 is 4.74 Å². The van der Waals surface area contributed by atoms with Gasteiger partial charge in [-0.05, 0) is 6.42 Å². The van der Waals surface area contributed by atoms with Gasteiger partial charge in [-0.1, -0.05) is 32.4 Å². The van der Waals surface area contributed by atoms with Crippen LogP contribution < -0.4 is 4.90 Å². The number of ether oxygens (including phenoxy) is 1. The molecule has 5 heteroatoms. The highest BCUT2D eigenvalue weighted by molar-refractivity contribution is 6.29. The standard InChI is InChI=1S/C13H20ClN3O/c1-4-10-8-17(5-6-18-10)12-7-11(14)15-13(16-12)9(2)3/h7,9-10H,4-6,8H2,1-3H3. The summed E-state index contributed by atoms with van der Waals surface area (Å²) < 4.78 is 5.67. The summed E-state index contributed by atoms with van der Waals surface area (Å²) in [6.45, 7) is 8.77. The van der Waals surface area contributed by atoms with Crippen LogP contribution in [0.5, 0.6) is 0 Å². The molecule has 18 heavy (non-hydrogen) atoms. The Bertz CT molecular complexity index is 411. The molecule has 1 aromatic heterocycles. The zero-order chi connectivity index (χ0) is 13.1. The lowest BCUT2D eigenvalue weighted by atomic mass is 10.2. The second kappa shape index (κ2) is 5.85. The quantitative estimate of drug-likeness (QED) is 0.791. The molecular weight excluding hydrogens is 250 g/mol. The van der Waals surface area contributed by atoms with E-state index < -0.39 is 0 Å². The Labute approximate surface area is 113 Å². The van der Waals surface area contributed by atoms with Crippen molar-refractivity contribution in [2.45, 2.75) is 39.2 Å². The molecule has 0 spiro atoms. The third-order valence-corrected chi connectivity index (χ3v) is 3.33. The predicted octanol–water partition coefficient (Wildman–Crippen LogP) is 2.87. The zero-order valence-corrected chi connectivity index (χ0v) is 11.9.